The number of carbonyl (C=O) groups is 1. The van der Waals surface area contributed by atoms with Gasteiger partial charge >= 0.3 is 12.1 Å². The largest absolute Gasteiger partial charge is 0.480 e. The fourth-order valence-electron chi connectivity index (χ4n) is 2.62. The maximum Gasteiger partial charge on any atom is 0.391 e. The summed E-state index contributed by atoms with van der Waals surface area (Å²) in [5.41, 5.74) is 0. The topological polar surface area (TPSA) is 87.1 Å². The molecule has 7 nitrogen and oxygen atoms in total. The van der Waals surface area contributed by atoms with Crippen molar-refractivity contribution in [2.45, 2.75) is 25.1 Å². The number of carboxylic acids is 1. The Labute approximate surface area is 125 Å². The second-order valence-corrected chi connectivity index (χ2v) is 7.14. The summed E-state index contributed by atoms with van der Waals surface area (Å²) < 4.78 is 69.5. The highest BCUT2D eigenvalue weighted by atomic mass is 32.2. The molecule has 0 aromatic rings. The van der Waals surface area contributed by atoms with Crippen molar-refractivity contribution >= 4 is 16.2 Å². The first-order valence-electron chi connectivity index (χ1n) is 6.78. The smallest absolute Gasteiger partial charge is 0.391 e. The molecule has 2 aliphatic heterocycles. The second kappa shape index (κ2) is 6.30. The highest BCUT2D eigenvalue weighted by Crippen LogP contribution is 2.35. The van der Waals surface area contributed by atoms with Crippen LogP contribution in [-0.2, 0) is 19.7 Å². The molecule has 22 heavy (non-hydrogen) atoms. The van der Waals surface area contributed by atoms with Gasteiger partial charge in [-0.15, -0.1) is 0 Å². The first-order valence-corrected chi connectivity index (χ1v) is 8.18. The van der Waals surface area contributed by atoms with E-state index in [1.165, 1.54) is 0 Å². The van der Waals surface area contributed by atoms with Crippen LogP contribution >= 0.6 is 0 Å². The van der Waals surface area contributed by atoms with E-state index in [2.05, 4.69) is 0 Å². The van der Waals surface area contributed by atoms with Crippen LogP contribution < -0.4 is 0 Å². The molecule has 11 heteroatoms. The van der Waals surface area contributed by atoms with Crippen molar-refractivity contribution < 1.29 is 36.2 Å². The Morgan fingerprint density at radius 3 is 2.27 bits per heavy atom. The van der Waals surface area contributed by atoms with Gasteiger partial charge in [0.2, 0.25) is 0 Å². The summed E-state index contributed by atoms with van der Waals surface area (Å²) in [5, 5.41) is 9.07. The van der Waals surface area contributed by atoms with Gasteiger partial charge in [0.15, 0.2) is 0 Å². The molecule has 1 N–H and O–H groups in total. The molecule has 2 heterocycles. The van der Waals surface area contributed by atoms with Gasteiger partial charge in [0.25, 0.3) is 10.2 Å². The predicted octanol–water partition coefficient (Wildman–Crippen LogP) is 0.291. The lowest BCUT2D eigenvalue weighted by Crippen LogP contribution is -2.58. The van der Waals surface area contributed by atoms with Gasteiger partial charge in [-0.1, -0.05) is 0 Å². The number of piperidine rings is 1. The first kappa shape index (κ1) is 17.4. The number of hydrogen-bond donors (Lipinski definition) is 1. The van der Waals surface area contributed by atoms with Crippen LogP contribution in [0.1, 0.15) is 12.8 Å². The highest BCUT2D eigenvalue weighted by molar-refractivity contribution is 7.86. The molecular weight excluding hydrogens is 329 g/mol. The van der Waals surface area contributed by atoms with Crippen molar-refractivity contribution in [2.24, 2.45) is 5.92 Å². The number of rotatable bonds is 3. The Morgan fingerprint density at radius 1 is 1.18 bits per heavy atom. The Morgan fingerprint density at radius 2 is 1.77 bits per heavy atom. The molecule has 2 fully saturated rings. The fraction of sp³-hybridized carbons (Fsp3) is 0.909. The Bertz CT molecular complexity index is 516. The standard InChI is InChI=1S/C11H17F3N2O5S/c12-11(13,14)8-1-3-15(4-2-8)22(19,20)16-5-6-21-7-9(16)10(17)18/h8-9H,1-7H2,(H,17,18). The zero-order valence-corrected chi connectivity index (χ0v) is 12.4. The zero-order chi connectivity index (χ0) is 16.5. The van der Waals surface area contributed by atoms with Gasteiger partial charge in [0, 0.05) is 19.6 Å². The van der Waals surface area contributed by atoms with E-state index in [1.807, 2.05) is 0 Å². The monoisotopic (exact) mass is 346 g/mol. The van der Waals surface area contributed by atoms with Crippen LogP contribution in [0.2, 0.25) is 0 Å². The average Bonchev–Trinajstić information content (AvgIpc) is 2.46. The number of nitrogens with zero attached hydrogens (tertiary/aromatic N) is 2. The molecule has 0 radical (unpaired) electrons. The van der Waals surface area contributed by atoms with Crippen LogP contribution in [0.15, 0.2) is 0 Å². The summed E-state index contributed by atoms with van der Waals surface area (Å²) in [5.74, 6) is -2.85. The third-order valence-electron chi connectivity index (χ3n) is 3.90. The average molecular weight is 346 g/mol. The van der Waals surface area contributed by atoms with E-state index in [0.29, 0.717) is 0 Å². The number of alkyl halides is 3. The van der Waals surface area contributed by atoms with E-state index < -0.39 is 34.3 Å². The van der Waals surface area contributed by atoms with Crippen molar-refractivity contribution in [1.29, 1.82) is 0 Å². The Balaban J connectivity index is 2.09. The predicted molar refractivity (Wildman–Crippen MR) is 68.2 cm³/mol. The minimum absolute atomic E-state index is 0.0576. The summed E-state index contributed by atoms with van der Waals surface area (Å²) in [7, 11) is -4.11. The SMILES string of the molecule is O=C(O)C1COCCN1S(=O)(=O)N1CCC(C(F)(F)F)CC1. The van der Waals surface area contributed by atoms with Crippen molar-refractivity contribution in [3.63, 3.8) is 0 Å². The maximum absolute atomic E-state index is 12.6. The number of carboxylic acid groups (broad SMARTS) is 1. The minimum Gasteiger partial charge on any atom is -0.480 e. The van der Waals surface area contributed by atoms with Gasteiger partial charge in [-0.05, 0) is 12.8 Å². The lowest BCUT2D eigenvalue weighted by atomic mass is 9.98. The molecule has 1 atom stereocenters. The molecule has 0 aliphatic carbocycles. The third kappa shape index (κ3) is 3.53. The van der Waals surface area contributed by atoms with Crippen LogP contribution in [0.4, 0.5) is 13.2 Å². The van der Waals surface area contributed by atoms with Gasteiger partial charge in [0.1, 0.15) is 6.04 Å². The molecule has 0 saturated carbocycles. The maximum atomic E-state index is 12.6. The highest BCUT2D eigenvalue weighted by Gasteiger charge is 2.46. The van der Waals surface area contributed by atoms with Crippen molar-refractivity contribution in [1.82, 2.24) is 8.61 Å². The zero-order valence-electron chi connectivity index (χ0n) is 11.6. The number of hydrogen-bond acceptors (Lipinski definition) is 4. The van der Waals surface area contributed by atoms with Gasteiger partial charge < -0.3 is 9.84 Å². The molecule has 2 rings (SSSR count). The Hall–Kier alpha value is -0.910. The van der Waals surface area contributed by atoms with Crippen LogP contribution in [-0.4, -0.2) is 73.2 Å². The van der Waals surface area contributed by atoms with Crippen molar-refractivity contribution in [3.8, 4) is 0 Å². The molecule has 128 valence electrons. The normalized spacial score (nSPS) is 27.0. The molecule has 1 unspecified atom stereocenters. The molecule has 2 saturated heterocycles. The van der Waals surface area contributed by atoms with E-state index in [-0.39, 0.29) is 45.7 Å². The molecule has 0 aromatic heterocycles. The van der Waals surface area contributed by atoms with Crippen LogP contribution in [0, 0.1) is 5.92 Å². The number of halogens is 3. The van der Waals surface area contributed by atoms with E-state index in [1.54, 1.807) is 0 Å². The van der Waals surface area contributed by atoms with Crippen LogP contribution in [0.5, 0.6) is 0 Å². The lowest BCUT2D eigenvalue weighted by molar-refractivity contribution is -0.182. The van der Waals surface area contributed by atoms with Gasteiger partial charge in [-0.2, -0.15) is 30.2 Å². The molecule has 0 bridgehead atoms. The second-order valence-electron chi connectivity index (χ2n) is 5.26. The first-order chi connectivity index (χ1) is 10.1. The van der Waals surface area contributed by atoms with E-state index in [9.17, 15) is 26.4 Å². The van der Waals surface area contributed by atoms with E-state index in [4.69, 9.17) is 9.84 Å². The molecule has 2 aliphatic rings. The number of aliphatic carboxylic acids is 1. The summed E-state index contributed by atoms with van der Waals surface area (Å²) in [6.07, 6.45) is -4.96. The molecular formula is C11H17F3N2O5S. The molecule has 0 aromatic carbocycles. The van der Waals surface area contributed by atoms with E-state index >= 15 is 0 Å². The van der Waals surface area contributed by atoms with Gasteiger partial charge in [-0.25, -0.2) is 0 Å². The number of morpholine rings is 1. The van der Waals surface area contributed by atoms with Crippen molar-refractivity contribution in [3.05, 3.63) is 0 Å². The Kier molecular flexibility index (Phi) is 5.00. The summed E-state index contributed by atoms with van der Waals surface area (Å²) >= 11 is 0. The quantitative estimate of drug-likeness (QED) is 0.794. The summed E-state index contributed by atoms with van der Waals surface area (Å²) in [4.78, 5) is 11.1. The van der Waals surface area contributed by atoms with Crippen LogP contribution in [0.25, 0.3) is 0 Å². The molecule has 0 amide bonds. The fourth-order valence-corrected chi connectivity index (χ4v) is 4.37. The lowest BCUT2D eigenvalue weighted by Gasteiger charge is -2.38. The van der Waals surface area contributed by atoms with Gasteiger partial charge in [-0.3, -0.25) is 4.79 Å². The molecule has 0 spiro atoms. The summed E-state index contributed by atoms with van der Waals surface area (Å²) in [6.45, 7) is -0.874. The van der Waals surface area contributed by atoms with Crippen LogP contribution in [0.3, 0.4) is 0 Å². The third-order valence-corrected chi connectivity index (χ3v) is 5.95. The minimum atomic E-state index is -4.33. The van der Waals surface area contributed by atoms with E-state index in [0.717, 1.165) is 8.61 Å². The summed E-state index contributed by atoms with van der Waals surface area (Å²) in [6, 6.07) is -1.35. The van der Waals surface area contributed by atoms with Crippen molar-refractivity contribution in [2.75, 3.05) is 32.8 Å². The van der Waals surface area contributed by atoms with Gasteiger partial charge in [0.05, 0.1) is 19.1 Å². The number of ether oxygens (including phenoxy) is 1.